The van der Waals surface area contributed by atoms with E-state index in [4.69, 9.17) is 11.6 Å². The Hall–Kier alpha value is -2.16. The number of halogens is 2. The fourth-order valence-corrected chi connectivity index (χ4v) is 3.38. The molecule has 0 spiro atoms. The summed E-state index contributed by atoms with van der Waals surface area (Å²) in [5, 5.41) is 12.4. The molecule has 0 radical (unpaired) electrons. The van der Waals surface area contributed by atoms with Crippen LogP contribution in [0.3, 0.4) is 0 Å². The van der Waals surface area contributed by atoms with Gasteiger partial charge in [0.1, 0.15) is 5.82 Å². The van der Waals surface area contributed by atoms with E-state index in [0.29, 0.717) is 22.5 Å². The molecule has 3 aromatic rings. The zero-order chi connectivity index (χ0) is 19.2. The smallest absolute Gasteiger partial charge is 0.236 e. The number of hydrogen-bond donors (Lipinski definition) is 1. The number of nitrogens with zero attached hydrogens (tertiary/aromatic N) is 4. The molecular weight excluding hydrogens is 450 g/mol. The van der Waals surface area contributed by atoms with Crippen molar-refractivity contribution in [1.82, 2.24) is 19.7 Å². The summed E-state index contributed by atoms with van der Waals surface area (Å²) in [5.74, 6) is 1.17. The van der Waals surface area contributed by atoms with Gasteiger partial charge >= 0.3 is 0 Å². The van der Waals surface area contributed by atoms with Crippen LogP contribution in [0.25, 0.3) is 11.4 Å². The maximum Gasteiger partial charge on any atom is 0.236 e. The van der Waals surface area contributed by atoms with E-state index >= 15 is 0 Å². The van der Waals surface area contributed by atoms with Crippen molar-refractivity contribution in [2.24, 2.45) is 0 Å². The van der Waals surface area contributed by atoms with E-state index in [1.165, 1.54) is 18.0 Å². The highest BCUT2D eigenvalue weighted by Gasteiger charge is 2.15. The van der Waals surface area contributed by atoms with E-state index in [0.717, 1.165) is 15.9 Å². The lowest BCUT2D eigenvalue weighted by Crippen LogP contribution is -2.15. The number of benzene rings is 1. The van der Waals surface area contributed by atoms with Crippen LogP contribution in [-0.4, -0.2) is 31.4 Å². The van der Waals surface area contributed by atoms with Gasteiger partial charge in [-0.25, -0.2) is 4.98 Å². The van der Waals surface area contributed by atoms with E-state index in [-0.39, 0.29) is 11.7 Å². The summed E-state index contributed by atoms with van der Waals surface area (Å²) in [5.41, 5.74) is 0.939. The van der Waals surface area contributed by atoms with Crippen LogP contribution < -0.4 is 5.32 Å². The first-order chi connectivity index (χ1) is 13.1. The lowest BCUT2D eigenvalue weighted by atomic mass is 10.2. The molecule has 1 aromatic carbocycles. The van der Waals surface area contributed by atoms with Crippen molar-refractivity contribution in [2.75, 3.05) is 11.1 Å². The second-order valence-electron chi connectivity index (χ2n) is 5.41. The molecule has 0 atom stereocenters. The Morgan fingerprint density at radius 3 is 2.70 bits per heavy atom. The molecule has 0 saturated heterocycles. The number of carbonyl (C=O) groups is 1. The predicted octanol–water partition coefficient (Wildman–Crippen LogP) is 4.67. The maximum absolute atomic E-state index is 12.2. The molecule has 2 heterocycles. The number of nitrogens with one attached hydrogen (secondary N) is 1. The predicted molar refractivity (Wildman–Crippen MR) is 112 cm³/mol. The molecule has 0 aliphatic rings. The highest BCUT2D eigenvalue weighted by molar-refractivity contribution is 9.10. The van der Waals surface area contributed by atoms with Crippen LogP contribution >= 0.6 is 39.3 Å². The number of thioether (sulfide) groups is 1. The first kappa shape index (κ1) is 19.6. The van der Waals surface area contributed by atoms with Crippen molar-refractivity contribution < 1.29 is 4.79 Å². The first-order valence-electron chi connectivity index (χ1n) is 7.91. The molecule has 0 aliphatic heterocycles. The minimum Gasteiger partial charge on any atom is -0.310 e. The largest absolute Gasteiger partial charge is 0.310 e. The standard InChI is InChI=1S/C18H15BrClN5OS/c1-2-9-25-17(12-3-5-13(19)6-4-12)23-24-18(25)27-11-16(26)22-15-8-7-14(20)10-21-15/h2-8,10H,1,9,11H2,(H,21,22,26). The van der Waals surface area contributed by atoms with Crippen molar-refractivity contribution >= 4 is 51.0 Å². The lowest BCUT2D eigenvalue weighted by Gasteiger charge is -2.08. The van der Waals surface area contributed by atoms with Crippen molar-refractivity contribution in [1.29, 1.82) is 0 Å². The van der Waals surface area contributed by atoms with Crippen molar-refractivity contribution in [3.63, 3.8) is 0 Å². The minimum atomic E-state index is -0.187. The van der Waals surface area contributed by atoms with E-state index in [2.05, 4.69) is 43.0 Å². The summed E-state index contributed by atoms with van der Waals surface area (Å²) in [7, 11) is 0. The average Bonchev–Trinajstić information content (AvgIpc) is 3.06. The molecule has 0 bridgehead atoms. The molecule has 1 N–H and O–H groups in total. The quantitative estimate of drug-likeness (QED) is 0.406. The van der Waals surface area contributed by atoms with Gasteiger partial charge in [-0.1, -0.05) is 57.5 Å². The van der Waals surface area contributed by atoms with Gasteiger partial charge in [-0.15, -0.1) is 16.8 Å². The number of anilines is 1. The van der Waals surface area contributed by atoms with E-state index < -0.39 is 0 Å². The summed E-state index contributed by atoms with van der Waals surface area (Å²) in [6.45, 7) is 4.33. The second-order valence-corrected chi connectivity index (χ2v) is 7.71. The van der Waals surface area contributed by atoms with Gasteiger partial charge in [0.05, 0.1) is 10.8 Å². The number of rotatable bonds is 7. The van der Waals surface area contributed by atoms with Crippen LogP contribution in [0, 0.1) is 0 Å². The third kappa shape index (κ3) is 5.18. The minimum absolute atomic E-state index is 0.180. The highest BCUT2D eigenvalue weighted by Crippen LogP contribution is 2.25. The Morgan fingerprint density at radius 2 is 2.04 bits per heavy atom. The Balaban J connectivity index is 1.70. The van der Waals surface area contributed by atoms with Crippen LogP contribution in [0.2, 0.25) is 5.02 Å². The number of hydrogen-bond acceptors (Lipinski definition) is 5. The van der Waals surface area contributed by atoms with Gasteiger partial charge in [0.25, 0.3) is 0 Å². The molecule has 0 aliphatic carbocycles. The monoisotopic (exact) mass is 463 g/mol. The summed E-state index contributed by atoms with van der Waals surface area (Å²) in [6.07, 6.45) is 3.25. The van der Waals surface area contributed by atoms with Crippen LogP contribution in [0.4, 0.5) is 5.82 Å². The highest BCUT2D eigenvalue weighted by atomic mass is 79.9. The van der Waals surface area contributed by atoms with E-state index in [9.17, 15) is 4.79 Å². The molecular formula is C18H15BrClN5OS. The third-order valence-corrected chi connectivity index (χ3v) is 5.18. The summed E-state index contributed by atoms with van der Waals surface area (Å²) >= 11 is 10.5. The van der Waals surface area contributed by atoms with Gasteiger partial charge in [-0.3, -0.25) is 9.36 Å². The molecule has 0 fully saturated rings. The molecule has 138 valence electrons. The summed E-state index contributed by atoms with van der Waals surface area (Å²) < 4.78 is 2.91. The number of aromatic nitrogens is 4. The topological polar surface area (TPSA) is 72.7 Å². The Morgan fingerprint density at radius 1 is 1.26 bits per heavy atom. The molecule has 3 rings (SSSR count). The molecule has 9 heteroatoms. The Bertz CT molecular complexity index is 943. The lowest BCUT2D eigenvalue weighted by molar-refractivity contribution is -0.113. The zero-order valence-electron chi connectivity index (χ0n) is 14.1. The number of pyridine rings is 1. The Kier molecular flexibility index (Phi) is 6.65. The Labute approximate surface area is 174 Å². The fraction of sp³-hybridized carbons (Fsp3) is 0.111. The molecule has 27 heavy (non-hydrogen) atoms. The van der Waals surface area contributed by atoms with Gasteiger partial charge in [-0.2, -0.15) is 0 Å². The average molecular weight is 465 g/mol. The van der Waals surface area contributed by atoms with Crippen molar-refractivity contribution in [2.45, 2.75) is 11.7 Å². The third-order valence-electron chi connectivity index (χ3n) is 3.46. The van der Waals surface area contributed by atoms with Crippen molar-refractivity contribution in [3.05, 3.63) is 64.7 Å². The van der Waals surface area contributed by atoms with Crippen LogP contribution in [0.15, 0.2) is 64.9 Å². The normalized spacial score (nSPS) is 10.6. The zero-order valence-corrected chi connectivity index (χ0v) is 17.3. The van der Waals surface area contributed by atoms with Gasteiger partial charge in [0.2, 0.25) is 5.91 Å². The van der Waals surface area contributed by atoms with Crippen LogP contribution in [-0.2, 0) is 11.3 Å². The van der Waals surface area contributed by atoms with Gasteiger partial charge in [0, 0.05) is 22.8 Å². The van der Waals surface area contributed by atoms with Crippen molar-refractivity contribution in [3.8, 4) is 11.4 Å². The van der Waals surface area contributed by atoms with Crippen LogP contribution in [0.5, 0.6) is 0 Å². The molecule has 0 saturated carbocycles. The van der Waals surface area contributed by atoms with Gasteiger partial charge in [-0.05, 0) is 24.3 Å². The summed E-state index contributed by atoms with van der Waals surface area (Å²) in [4.78, 5) is 16.2. The number of amides is 1. The van der Waals surface area contributed by atoms with E-state index in [1.807, 2.05) is 28.8 Å². The molecule has 0 unspecified atom stereocenters. The number of carbonyl (C=O) groups excluding carboxylic acids is 1. The number of allylic oxidation sites excluding steroid dienone is 1. The fourth-order valence-electron chi connectivity index (χ4n) is 2.26. The van der Waals surface area contributed by atoms with E-state index in [1.54, 1.807) is 18.2 Å². The molecule has 1 amide bonds. The molecule has 6 nitrogen and oxygen atoms in total. The maximum atomic E-state index is 12.2. The van der Waals surface area contributed by atoms with Gasteiger partial charge in [0.15, 0.2) is 11.0 Å². The van der Waals surface area contributed by atoms with Gasteiger partial charge < -0.3 is 5.32 Å². The van der Waals surface area contributed by atoms with Crippen LogP contribution in [0.1, 0.15) is 0 Å². The first-order valence-corrected chi connectivity index (χ1v) is 10.1. The SMILES string of the molecule is C=CCn1c(SCC(=O)Nc2ccc(Cl)cn2)nnc1-c1ccc(Br)cc1. The second kappa shape index (κ2) is 9.16. The summed E-state index contributed by atoms with van der Waals surface area (Å²) in [6, 6.07) is 11.1. The molecule has 2 aromatic heterocycles.